The molecule has 1 N–H and O–H groups in total. The van der Waals surface area contributed by atoms with E-state index in [2.05, 4.69) is 57.7 Å². The normalized spacial score (nSPS) is 20.4. The van der Waals surface area contributed by atoms with Crippen LogP contribution >= 0.6 is 15.9 Å². The molecule has 6 heteroatoms. The number of hydrogen-bond donors (Lipinski definition) is 1. The number of ether oxygens (including phenoxy) is 2. The summed E-state index contributed by atoms with van der Waals surface area (Å²) in [5.74, 6) is -0.303. The van der Waals surface area contributed by atoms with Crippen LogP contribution in [-0.4, -0.2) is 19.0 Å². The van der Waals surface area contributed by atoms with Crippen LogP contribution in [0, 0.1) is 5.92 Å². The first kappa shape index (κ1) is 21.5. The Morgan fingerprint density at radius 1 is 1.00 bits per heavy atom. The van der Waals surface area contributed by atoms with Crippen LogP contribution in [-0.2, 0) is 4.74 Å². The molecule has 0 saturated heterocycles. The number of allylic oxidation sites excluding steroid dienone is 2. The molecule has 3 aromatic carbocycles. The number of anilines is 1. The lowest BCUT2D eigenvalue weighted by Crippen LogP contribution is -2.29. The first-order valence-electron chi connectivity index (χ1n) is 10.8. The third kappa shape index (κ3) is 4.07. The van der Waals surface area contributed by atoms with Gasteiger partial charge in [0.05, 0.1) is 18.7 Å². The smallest absolute Gasteiger partial charge is 0.343 e. The van der Waals surface area contributed by atoms with Crippen LogP contribution in [0.25, 0.3) is 0 Å². The van der Waals surface area contributed by atoms with Crippen molar-refractivity contribution < 1.29 is 19.1 Å². The summed E-state index contributed by atoms with van der Waals surface area (Å²) in [6.07, 6.45) is 5.42. The fraction of sp³-hybridized carbons (Fsp3) is 0.185. The van der Waals surface area contributed by atoms with E-state index < -0.39 is 11.9 Å². The van der Waals surface area contributed by atoms with Gasteiger partial charge < -0.3 is 14.8 Å². The van der Waals surface area contributed by atoms with Crippen molar-refractivity contribution in [1.29, 1.82) is 0 Å². The number of rotatable bonds is 4. The summed E-state index contributed by atoms with van der Waals surface area (Å²) in [5, 5.41) is 3.68. The molecule has 33 heavy (non-hydrogen) atoms. The summed E-state index contributed by atoms with van der Waals surface area (Å²) in [6, 6.07) is 20.8. The molecule has 0 fully saturated rings. The van der Waals surface area contributed by atoms with Crippen LogP contribution in [0.5, 0.6) is 5.75 Å². The van der Waals surface area contributed by atoms with Crippen LogP contribution in [0.4, 0.5) is 5.69 Å². The zero-order chi connectivity index (χ0) is 22.9. The fourth-order valence-electron chi connectivity index (χ4n) is 4.71. The zero-order valence-electron chi connectivity index (χ0n) is 18.0. The second-order valence-corrected chi connectivity index (χ2v) is 9.12. The number of carbonyl (C=O) groups is 2. The molecule has 166 valence electrons. The minimum absolute atomic E-state index is 0.180. The number of halogens is 1. The summed E-state index contributed by atoms with van der Waals surface area (Å²) in [5.41, 5.74) is 3.99. The molecule has 0 bridgehead atoms. The highest BCUT2D eigenvalue weighted by Crippen LogP contribution is 2.50. The number of fused-ring (bicyclic) bond motifs is 3. The number of methoxy groups -OCH3 is 1. The Labute approximate surface area is 200 Å². The molecule has 0 saturated carbocycles. The van der Waals surface area contributed by atoms with Crippen LogP contribution in [0.2, 0.25) is 0 Å². The molecule has 5 rings (SSSR count). The van der Waals surface area contributed by atoms with Gasteiger partial charge in [-0.05, 0) is 65.9 Å². The third-order valence-electron chi connectivity index (χ3n) is 6.32. The Bertz CT molecular complexity index is 1250. The van der Waals surface area contributed by atoms with E-state index in [1.54, 1.807) is 30.3 Å². The molecular weight excluding hydrogens is 482 g/mol. The molecule has 3 aromatic rings. The molecule has 0 amide bonds. The van der Waals surface area contributed by atoms with E-state index in [0.29, 0.717) is 11.5 Å². The second kappa shape index (κ2) is 8.87. The van der Waals surface area contributed by atoms with Gasteiger partial charge in [-0.25, -0.2) is 9.59 Å². The number of para-hydroxylation sites is 1. The van der Waals surface area contributed by atoms with Gasteiger partial charge in [0.1, 0.15) is 11.3 Å². The van der Waals surface area contributed by atoms with Gasteiger partial charge in [-0.1, -0.05) is 52.3 Å². The van der Waals surface area contributed by atoms with Crippen molar-refractivity contribution in [3.63, 3.8) is 0 Å². The Balaban J connectivity index is 1.43. The Hall–Kier alpha value is -3.38. The first-order valence-corrected chi connectivity index (χ1v) is 11.6. The maximum atomic E-state index is 13.0. The van der Waals surface area contributed by atoms with Crippen molar-refractivity contribution in [2.24, 2.45) is 5.92 Å². The maximum Gasteiger partial charge on any atom is 0.343 e. The van der Waals surface area contributed by atoms with Gasteiger partial charge in [-0.2, -0.15) is 0 Å². The summed E-state index contributed by atoms with van der Waals surface area (Å²) in [6.45, 7) is 0. The van der Waals surface area contributed by atoms with Crippen molar-refractivity contribution in [2.45, 2.75) is 18.4 Å². The van der Waals surface area contributed by atoms with E-state index in [-0.39, 0.29) is 23.3 Å². The predicted octanol–water partition coefficient (Wildman–Crippen LogP) is 6.28. The predicted molar refractivity (Wildman–Crippen MR) is 130 cm³/mol. The minimum Gasteiger partial charge on any atom is -0.465 e. The van der Waals surface area contributed by atoms with Crippen molar-refractivity contribution in [1.82, 2.24) is 0 Å². The van der Waals surface area contributed by atoms with E-state index in [9.17, 15) is 9.59 Å². The highest BCUT2D eigenvalue weighted by molar-refractivity contribution is 9.10. The Morgan fingerprint density at radius 3 is 2.58 bits per heavy atom. The standard InChI is InChI=1S/C27H22BrNO4/c1-32-27(31)21-5-2-3-8-24(21)33-26(30)17-11-14-23-22(15-17)19-6-4-7-20(19)25(29-23)16-9-12-18(28)13-10-16/h2-6,8-15,19-20,25,29H,7H2,1H3/t19-,20+,25-/m1/s1. The number of esters is 2. The van der Waals surface area contributed by atoms with E-state index >= 15 is 0 Å². The highest BCUT2D eigenvalue weighted by Gasteiger charge is 2.38. The quantitative estimate of drug-likeness (QED) is 0.257. The van der Waals surface area contributed by atoms with Crippen LogP contribution < -0.4 is 10.1 Å². The van der Waals surface area contributed by atoms with E-state index in [1.165, 1.54) is 12.7 Å². The molecule has 2 aliphatic rings. The van der Waals surface area contributed by atoms with Crippen LogP contribution in [0.3, 0.4) is 0 Å². The molecule has 5 nitrogen and oxygen atoms in total. The van der Waals surface area contributed by atoms with Crippen LogP contribution in [0.15, 0.2) is 83.4 Å². The number of hydrogen-bond acceptors (Lipinski definition) is 5. The summed E-state index contributed by atoms with van der Waals surface area (Å²) >= 11 is 3.51. The van der Waals surface area contributed by atoms with Gasteiger partial charge >= 0.3 is 11.9 Å². The molecule has 0 unspecified atom stereocenters. The average Bonchev–Trinajstić information content (AvgIpc) is 3.34. The number of benzene rings is 3. The third-order valence-corrected chi connectivity index (χ3v) is 6.85. The van der Waals surface area contributed by atoms with Gasteiger partial charge in [0, 0.05) is 16.1 Å². The molecule has 0 spiro atoms. The van der Waals surface area contributed by atoms with Crippen molar-refractivity contribution in [2.75, 3.05) is 12.4 Å². The SMILES string of the molecule is COC(=O)c1ccccc1OC(=O)c1ccc2c(c1)[C@@H]1C=CC[C@@H]1[C@@H](c1ccc(Br)cc1)N2. The molecule has 1 aliphatic carbocycles. The first-order chi connectivity index (χ1) is 16.0. The minimum atomic E-state index is -0.550. The van der Waals surface area contributed by atoms with Crippen molar-refractivity contribution in [3.8, 4) is 5.75 Å². The molecule has 1 aliphatic heterocycles. The molecular formula is C27H22BrNO4. The zero-order valence-corrected chi connectivity index (χ0v) is 19.5. The van der Waals surface area contributed by atoms with Gasteiger partial charge in [0.15, 0.2) is 0 Å². The summed E-state index contributed by atoms with van der Waals surface area (Å²) < 4.78 is 11.4. The number of nitrogens with one attached hydrogen (secondary N) is 1. The van der Waals surface area contributed by atoms with E-state index in [0.717, 1.165) is 22.1 Å². The van der Waals surface area contributed by atoms with Crippen molar-refractivity contribution in [3.05, 3.63) is 106 Å². The topological polar surface area (TPSA) is 64.6 Å². The molecule has 0 aromatic heterocycles. The lowest BCUT2D eigenvalue weighted by atomic mass is 9.76. The lowest BCUT2D eigenvalue weighted by molar-refractivity contribution is 0.0593. The maximum absolute atomic E-state index is 13.0. The summed E-state index contributed by atoms with van der Waals surface area (Å²) in [7, 11) is 1.30. The largest absolute Gasteiger partial charge is 0.465 e. The average molecular weight is 504 g/mol. The van der Waals surface area contributed by atoms with E-state index in [4.69, 9.17) is 9.47 Å². The van der Waals surface area contributed by atoms with Gasteiger partial charge in [-0.3, -0.25) is 0 Å². The lowest BCUT2D eigenvalue weighted by Gasteiger charge is -2.37. The Morgan fingerprint density at radius 2 is 1.79 bits per heavy atom. The van der Waals surface area contributed by atoms with Gasteiger partial charge in [0.2, 0.25) is 0 Å². The molecule has 3 atom stereocenters. The fourth-order valence-corrected chi connectivity index (χ4v) is 4.98. The van der Waals surface area contributed by atoms with Gasteiger partial charge in [-0.15, -0.1) is 0 Å². The molecule has 1 heterocycles. The van der Waals surface area contributed by atoms with Crippen LogP contribution in [0.1, 0.15) is 50.2 Å². The van der Waals surface area contributed by atoms with Crippen molar-refractivity contribution >= 4 is 33.6 Å². The van der Waals surface area contributed by atoms with E-state index in [1.807, 2.05) is 12.1 Å². The highest BCUT2D eigenvalue weighted by atomic mass is 79.9. The monoisotopic (exact) mass is 503 g/mol. The molecule has 0 radical (unpaired) electrons. The Kier molecular flexibility index (Phi) is 5.77. The van der Waals surface area contributed by atoms with Gasteiger partial charge in [0.25, 0.3) is 0 Å². The second-order valence-electron chi connectivity index (χ2n) is 8.21. The summed E-state index contributed by atoms with van der Waals surface area (Å²) in [4.78, 5) is 25.0. The number of carbonyl (C=O) groups excluding carboxylic acids is 2.